The monoisotopic (exact) mass is 315 g/mol. The van der Waals surface area contributed by atoms with Crippen LogP contribution in [0.4, 0.5) is 5.69 Å². The third kappa shape index (κ3) is 3.36. The lowest BCUT2D eigenvalue weighted by atomic mass is 10.0. The summed E-state index contributed by atoms with van der Waals surface area (Å²) in [6.07, 6.45) is 3.15. The molecule has 0 unspecified atom stereocenters. The second-order valence-corrected chi connectivity index (χ2v) is 6.21. The molecule has 2 aliphatic rings. The average molecular weight is 315 g/mol. The Morgan fingerprint density at radius 2 is 2.00 bits per heavy atom. The quantitative estimate of drug-likeness (QED) is 0.893. The highest BCUT2D eigenvalue weighted by Gasteiger charge is 2.34. The van der Waals surface area contributed by atoms with E-state index in [9.17, 15) is 14.7 Å². The van der Waals surface area contributed by atoms with Crippen molar-refractivity contribution in [2.24, 2.45) is 11.0 Å². The number of aliphatic carboxylic acids is 1. The summed E-state index contributed by atoms with van der Waals surface area (Å²) in [4.78, 5) is 23.5. The van der Waals surface area contributed by atoms with Crippen molar-refractivity contribution in [3.63, 3.8) is 0 Å². The van der Waals surface area contributed by atoms with E-state index in [4.69, 9.17) is 0 Å². The van der Waals surface area contributed by atoms with Crippen LogP contribution in [0.5, 0.6) is 0 Å². The standard InChI is InChI=1S/C17H21N3O3/c1-11-9-10-20(19-11)13-7-5-12(6-8-13)16(21)18-15-4-2-3-14(15)17(22)23/h5-8,14-15H,2-4,9-10H2,1H3,(H,18,21)(H,22,23)/t14-,15-/m1/s1. The summed E-state index contributed by atoms with van der Waals surface area (Å²) in [5.41, 5.74) is 2.61. The van der Waals surface area contributed by atoms with Gasteiger partial charge < -0.3 is 10.4 Å². The molecule has 1 aromatic carbocycles. The number of nitrogens with one attached hydrogen (secondary N) is 1. The number of benzene rings is 1. The van der Waals surface area contributed by atoms with Crippen molar-refractivity contribution < 1.29 is 14.7 Å². The minimum Gasteiger partial charge on any atom is -0.481 e. The molecule has 1 fully saturated rings. The van der Waals surface area contributed by atoms with Gasteiger partial charge in [-0.3, -0.25) is 14.6 Å². The molecule has 23 heavy (non-hydrogen) atoms. The number of amides is 1. The van der Waals surface area contributed by atoms with Gasteiger partial charge in [-0.1, -0.05) is 6.42 Å². The Bertz CT molecular complexity index is 639. The zero-order chi connectivity index (χ0) is 16.4. The highest BCUT2D eigenvalue weighted by Crippen LogP contribution is 2.26. The zero-order valence-corrected chi connectivity index (χ0v) is 13.2. The summed E-state index contributed by atoms with van der Waals surface area (Å²) in [5, 5.41) is 18.4. The molecule has 1 heterocycles. The molecule has 0 bridgehead atoms. The number of carbonyl (C=O) groups is 2. The van der Waals surface area contributed by atoms with Crippen molar-refractivity contribution in [3.05, 3.63) is 29.8 Å². The maximum atomic E-state index is 12.3. The van der Waals surface area contributed by atoms with Crippen LogP contribution in [0.1, 0.15) is 43.0 Å². The molecule has 0 radical (unpaired) electrons. The Hall–Kier alpha value is -2.37. The largest absolute Gasteiger partial charge is 0.481 e. The fourth-order valence-corrected chi connectivity index (χ4v) is 3.23. The van der Waals surface area contributed by atoms with E-state index in [1.807, 2.05) is 24.1 Å². The predicted octanol–water partition coefficient (Wildman–Crippen LogP) is 2.26. The van der Waals surface area contributed by atoms with E-state index in [2.05, 4.69) is 10.4 Å². The molecule has 0 aromatic heterocycles. The molecule has 122 valence electrons. The summed E-state index contributed by atoms with van der Waals surface area (Å²) in [6.45, 7) is 2.86. The van der Waals surface area contributed by atoms with Crippen LogP contribution in [0.25, 0.3) is 0 Å². The summed E-state index contributed by atoms with van der Waals surface area (Å²) in [7, 11) is 0. The Morgan fingerprint density at radius 3 is 2.61 bits per heavy atom. The van der Waals surface area contributed by atoms with Crippen molar-refractivity contribution >= 4 is 23.3 Å². The number of anilines is 1. The number of rotatable bonds is 4. The molecular formula is C17H21N3O3. The lowest BCUT2D eigenvalue weighted by Gasteiger charge is -2.18. The Balaban J connectivity index is 1.65. The third-order valence-corrected chi connectivity index (χ3v) is 4.55. The lowest BCUT2D eigenvalue weighted by Crippen LogP contribution is -2.40. The molecule has 1 aliphatic carbocycles. The van der Waals surface area contributed by atoms with Gasteiger partial charge in [-0.05, 0) is 44.0 Å². The minimum absolute atomic E-state index is 0.212. The van der Waals surface area contributed by atoms with Gasteiger partial charge in [0.15, 0.2) is 0 Å². The van der Waals surface area contributed by atoms with Crippen molar-refractivity contribution in [1.82, 2.24) is 5.32 Å². The SMILES string of the molecule is CC1=NN(c2ccc(C(=O)N[C@@H]3CCC[C@H]3C(=O)O)cc2)CC1. The molecule has 2 atom stereocenters. The number of hydrazone groups is 1. The van der Waals surface area contributed by atoms with Crippen LogP contribution in [-0.2, 0) is 4.79 Å². The van der Waals surface area contributed by atoms with Crippen LogP contribution in [-0.4, -0.2) is 35.3 Å². The minimum atomic E-state index is -0.828. The highest BCUT2D eigenvalue weighted by molar-refractivity contribution is 5.95. The molecule has 3 rings (SSSR count). The van der Waals surface area contributed by atoms with E-state index >= 15 is 0 Å². The summed E-state index contributed by atoms with van der Waals surface area (Å²) >= 11 is 0. The first-order valence-corrected chi connectivity index (χ1v) is 8.00. The van der Waals surface area contributed by atoms with Gasteiger partial charge in [0.1, 0.15) is 0 Å². The Morgan fingerprint density at radius 1 is 1.26 bits per heavy atom. The number of carboxylic acids is 1. The van der Waals surface area contributed by atoms with E-state index in [-0.39, 0.29) is 11.9 Å². The Labute approximate surface area is 135 Å². The molecule has 1 aliphatic heterocycles. The number of nitrogens with zero attached hydrogens (tertiary/aromatic N) is 2. The van der Waals surface area contributed by atoms with Crippen LogP contribution in [0.2, 0.25) is 0 Å². The number of carboxylic acid groups (broad SMARTS) is 1. The number of hydrogen-bond donors (Lipinski definition) is 2. The zero-order valence-electron chi connectivity index (χ0n) is 13.2. The fourth-order valence-electron chi connectivity index (χ4n) is 3.23. The first kappa shape index (κ1) is 15.5. The van der Waals surface area contributed by atoms with Gasteiger partial charge in [0, 0.05) is 30.3 Å². The van der Waals surface area contributed by atoms with Gasteiger partial charge in [-0.25, -0.2) is 0 Å². The van der Waals surface area contributed by atoms with Gasteiger partial charge in [0.05, 0.1) is 11.6 Å². The fraction of sp³-hybridized carbons (Fsp3) is 0.471. The number of hydrogen-bond acceptors (Lipinski definition) is 4. The van der Waals surface area contributed by atoms with E-state index in [1.54, 1.807) is 12.1 Å². The molecule has 1 aromatic rings. The summed E-state index contributed by atoms with van der Waals surface area (Å²) in [6, 6.07) is 7.00. The molecule has 6 nitrogen and oxygen atoms in total. The molecular weight excluding hydrogens is 294 g/mol. The highest BCUT2D eigenvalue weighted by atomic mass is 16.4. The second-order valence-electron chi connectivity index (χ2n) is 6.21. The van der Waals surface area contributed by atoms with Gasteiger partial charge >= 0.3 is 5.97 Å². The van der Waals surface area contributed by atoms with Gasteiger partial charge in [0.2, 0.25) is 0 Å². The first-order valence-electron chi connectivity index (χ1n) is 8.00. The van der Waals surface area contributed by atoms with E-state index in [0.29, 0.717) is 12.0 Å². The van der Waals surface area contributed by atoms with Gasteiger partial charge in [-0.2, -0.15) is 5.10 Å². The topological polar surface area (TPSA) is 82.0 Å². The van der Waals surface area contributed by atoms with E-state index in [0.717, 1.165) is 37.2 Å². The third-order valence-electron chi connectivity index (χ3n) is 4.55. The van der Waals surface area contributed by atoms with Crippen LogP contribution in [0.15, 0.2) is 29.4 Å². The second kappa shape index (κ2) is 6.40. The van der Waals surface area contributed by atoms with Crippen LogP contribution >= 0.6 is 0 Å². The van der Waals surface area contributed by atoms with Crippen LogP contribution in [0, 0.1) is 5.92 Å². The molecule has 2 N–H and O–H groups in total. The normalized spacial score (nSPS) is 23.7. The van der Waals surface area contributed by atoms with E-state index in [1.165, 1.54) is 0 Å². The lowest BCUT2D eigenvalue weighted by molar-refractivity contribution is -0.142. The predicted molar refractivity (Wildman–Crippen MR) is 87.7 cm³/mol. The Kier molecular flexibility index (Phi) is 4.32. The van der Waals surface area contributed by atoms with E-state index < -0.39 is 11.9 Å². The molecule has 6 heteroatoms. The van der Waals surface area contributed by atoms with Crippen molar-refractivity contribution in [3.8, 4) is 0 Å². The molecule has 0 saturated heterocycles. The maximum absolute atomic E-state index is 12.3. The van der Waals surface area contributed by atoms with Gasteiger partial charge in [-0.15, -0.1) is 0 Å². The summed E-state index contributed by atoms with van der Waals surface area (Å²) in [5.74, 6) is -1.51. The molecule has 0 spiro atoms. The van der Waals surface area contributed by atoms with Crippen molar-refractivity contribution in [2.75, 3.05) is 11.6 Å². The van der Waals surface area contributed by atoms with Crippen molar-refractivity contribution in [2.45, 2.75) is 38.6 Å². The van der Waals surface area contributed by atoms with Gasteiger partial charge in [0.25, 0.3) is 5.91 Å². The maximum Gasteiger partial charge on any atom is 0.308 e. The molecule has 1 saturated carbocycles. The first-order chi connectivity index (χ1) is 11.0. The van der Waals surface area contributed by atoms with Crippen LogP contribution < -0.4 is 10.3 Å². The van der Waals surface area contributed by atoms with Crippen molar-refractivity contribution in [1.29, 1.82) is 0 Å². The number of carbonyl (C=O) groups excluding carboxylic acids is 1. The molecule has 1 amide bonds. The smallest absolute Gasteiger partial charge is 0.308 e. The summed E-state index contributed by atoms with van der Waals surface area (Å²) < 4.78 is 0. The average Bonchev–Trinajstić information content (AvgIpc) is 3.16. The van der Waals surface area contributed by atoms with Crippen LogP contribution in [0.3, 0.4) is 0 Å².